The van der Waals surface area contributed by atoms with Crippen LogP contribution in [0.5, 0.6) is 0 Å². The number of nitrogens with zero attached hydrogens (tertiary/aromatic N) is 2. The molecule has 2 aromatic rings. The number of nitrogens with one attached hydrogen (secondary N) is 1. The van der Waals surface area contributed by atoms with E-state index in [1.807, 2.05) is 14.1 Å². The van der Waals surface area contributed by atoms with Crippen molar-refractivity contribution in [3.05, 3.63) is 53.7 Å². The number of rotatable bonds is 4. The summed E-state index contributed by atoms with van der Waals surface area (Å²) in [5, 5.41) is 11.6. The molecule has 1 amide bonds. The van der Waals surface area contributed by atoms with Crippen molar-refractivity contribution in [2.45, 2.75) is 0 Å². The Morgan fingerprint density at radius 2 is 1.90 bits per heavy atom. The number of anilines is 2. The van der Waals surface area contributed by atoms with Gasteiger partial charge in [-0.15, -0.1) is 0 Å². The van der Waals surface area contributed by atoms with Crippen molar-refractivity contribution >= 4 is 23.4 Å². The van der Waals surface area contributed by atoms with Crippen molar-refractivity contribution in [1.29, 1.82) is 0 Å². The van der Waals surface area contributed by atoms with Gasteiger partial charge in [0.25, 0.3) is 5.91 Å². The Morgan fingerprint density at radius 1 is 1.14 bits per heavy atom. The summed E-state index contributed by atoms with van der Waals surface area (Å²) in [6, 6.07) is 9.36. The van der Waals surface area contributed by atoms with Gasteiger partial charge in [0.15, 0.2) is 0 Å². The Morgan fingerprint density at radius 3 is 2.57 bits per heavy atom. The zero-order chi connectivity index (χ0) is 15.4. The van der Waals surface area contributed by atoms with E-state index in [2.05, 4.69) is 10.3 Å². The van der Waals surface area contributed by atoms with E-state index in [9.17, 15) is 9.59 Å². The highest BCUT2D eigenvalue weighted by atomic mass is 16.4. The molecule has 0 bridgehead atoms. The number of aromatic carboxylic acids is 1. The number of benzene rings is 1. The molecule has 108 valence electrons. The zero-order valence-electron chi connectivity index (χ0n) is 11.7. The van der Waals surface area contributed by atoms with Crippen LogP contribution in [0.4, 0.5) is 11.5 Å². The predicted octanol–water partition coefficient (Wildman–Crippen LogP) is 2.10. The van der Waals surface area contributed by atoms with Crippen molar-refractivity contribution in [1.82, 2.24) is 4.98 Å². The first-order chi connectivity index (χ1) is 9.97. The third-order valence-electron chi connectivity index (χ3n) is 2.83. The normalized spacial score (nSPS) is 10.0. The first kappa shape index (κ1) is 14.5. The first-order valence-electron chi connectivity index (χ1n) is 6.25. The van der Waals surface area contributed by atoms with Crippen LogP contribution in [0.2, 0.25) is 0 Å². The van der Waals surface area contributed by atoms with Crippen LogP contribution in [0.15, 0.2) is 42.6 Å². The topological polar surface area (TPSA) is 82.5 Å². The van der Waals surface area contributed by atoms with Gasteiger partial charge in [-0.05, 0) is 30.3 Å². The van der Waals surface area contributed by atoms with Crippen LogP contribution in [0.1, 0.15) is 20.7 Å². The molecule has 0 aliphatic carbocycles. The minimum absolute atomic E-state index is 0.122. The van der Waals surface area contributed by atoms with Gasteiger partial charge < -0.3 is 15.3 Å². The predicted molar refractivity (Wildman–Crippen MR) is 79.9 cm³/mol. The standard InChI is InChI=1S/C15H15N3O3/c1-18(2)13-9-10(6-7-16-13)14(19)17-12-5-3-4-11(8-12)15(20)21/h3-9H,1-2H3,(H,17,19)(H,20,21). The molecule has 1 heterocycles. The molecule has 2 rings (SSSR count). The van der Waals surface area contributed by atoms with Gasteiger partial charge in [0, 0.05) is 31.5 Å². The summed E-state index contributed by atoms with van der Waals surface area (Å²) in [6.45, 7) is 0. The van der Waals surface area contributed by atoms with Gasteiger partial charge in [-0.25, -0.2) is 9.78 Å². The molecule has 2 N–H and O–H groups in total. The molecule has 6 nitrogen and oxygen atoms in total. The van der Waals surface area contributed by atoms with E-state index in [1.165, 1.54) is 12.1 Å². The van der Waals surface area contributed by atoms with Gasteiger partial charge in [-0.3, -0.25) is 4.79 Å². The Balaban J connectivity index is 2.20. The molecule has 6 heteroatoms. The summed E-state index contributed by atoms with van der Waals surface area (Å²) in [5.41, 5.74) is 1.01. The van der Waals surface area contributed by atoms with E-state index < -0.39 is 5.97 Å². The number of carboxylic acid groups (broad SMARTS) is 1. The van der Waals surface area contributed by atoms with Gasteiger partial charge in [-0.2, -0.15) is 0 Å². The number of hydrogen-bond donors (Lipinski definition) is 2. The van der Waals surface area contributed by atoms with Crippen LogP contribution < -0.4 is 10.2 Å². The third-order valence-corrected chi connectivity index (χ3v) is 2.83. The number of carbonyl (C=O) groups is 2. The monoisotopic (exact) mass is 285 g/mol. The molecule has 0 unspecified atom stereocenters. The highest BCUT2D eigenvalue weighted by Gasteiger charge is 2.10. The maximum atomic E-state index is 12.2. The summed E-state index contributed by atoms with van der Waals surface area (Å²) in [5.74, 6) is -0.685. The summed E-state index contributed by atoms with van der Waals surface area (Å²) in [7, 11) is 3.67. The van der Waals surface area contributed by atoms with Crippen molar-refractivity contribution in [3.63, 3.8) is 0 Å². The Bertz CT molecular complexity index is 683. The molecule has 0 radical (unpaired) electrons. The van der Waals surface area contributed by atoms with E-state index in [0.717, 1.165) is 0 Å². The second kappa shape index (κ2) is 6.04. The molecule has 1 aromatic carbocycles. The SMILES string of the molecule is CN(C)c1cc(C(=O)Nc2cccc(C(=O)O)c2)ccn1. The second-order valence-electron chi connectivity index (χ2n) is 4.64. The molecular weight excluding hydrogens is 270 g/mol. The lowest BCUT2D eigenvalue weighted by atomic mass is 10.2. The van der Waals surface area contributed by atoms with Crippen molar-refractivity contribution in [2.75, 3.05) is 24.3 Å². The molecule has 0 aliphatic rings. The average Bonchev–Trinajstić information content (AvgIpc) is 2.47. The largest absolute Gasteiger partial charge is 0.478 e. The molecule has 0 spiro atoms. The van der Waals surface area contributed by atoms with Crippen LogP contribution in [0, 0.1) is 0 Å². The van der Waals surface area contributed by atoms with E-state index in [1.54, 1.807) is 35.4 Å². The molecule has 0 saturated carbocycles. The Hall–Kier alpha value is -2.89. The lowest BCUT2D eigenvalue weighted by Gasteiger charge is -2.12. The third kappa shape index (κ3) is 3.56. The lowest BCUT2D eigenvalue weighted by Crippen LogP contribution is -2.15. The number of carboxylic acids is 1. The average molecular weight is 285 g/mol. The van der Waals surface area contributed by atoms with Gasteiger partial charge >= 0.3 is 5.97 Å². The van der Waals surface area contributed by atoms with Gasteiger partial charge in [0.2, 0.25) is 0 Å². The van der Waals surface area contributed by atoms with Crippen LogP contribution >= 0.6 is 0 Å². The molecule has 0 aliphatic heterocycles. The van der Waals surface area contributed by atoms with Crippen molar-refractivity contribution in [2.24, 2.45) is 0 Å². The second-order valence-corrected chi connectivity index (χ2v) is 4.64. The fourth-order valence-corrected chi connectivity index (χ4v) is 1.74. The zero-order valence-corrected chi connectivity index (χ0v) is 11.7. The first-order valence-corrected chi connectivity index (χ1v) is 6.25. The highest BCUT2D eigenvalue weighted by molar-refractivity contribution is 6.05. The summed E-state index contributed by atoms with van der Waals surface area (Å²) >= 11 is 0. The molecular formula is C15H15N3O3. The Labute approximate surface area is 122 Å². The van der Waals surface area contributed by atoms with Gasteiger partial charge in [0.1, 0.15) is 5.82 Å². The van der Waals surface area contributed by atoms with E-state index >= 15 is 0 Å². The summed E-state index contributed by atoms with van der Waals surface area (Å²) in [4.78, 5) is 29.0. The van der Waals surface area contributed by atoms with Crippen molar-refractivity contribution < 1.29 is 14.7 Å². The number of amides is 1. The smallest absolute Gasteiger partial charge is 0.335 e. The minimum Gasteiger partial charge on any atom is -0.478 e. The maximum Gasteiger partial charge on any atom is 0.335 e. The fraction of sp³-hybridized carbons (Fsp3) is 0.133. The van der Waals surface area contributed by atoms with Crippen molar-refractivity contribution in [3.8, 4) is 0 Å². The minimum atomic E-state index is -1.04. The fourth-order valence-electron chi connectivity index (χ4n) is 1.74. The lowest BCUT2D eigenvalue weighted by molar-refractivity contribution is 0.0696. The molecule has 0 fully saturated rings. The quantitative estimate of drug-likeness (QED) is 0.899. The maximum absolute atomic E-state index is 12.2. The molecule has 0 saturated heterocycles. The Kier molecular flexibility index (Phi) is 4.18. The number of pyridine rings is 1. The molecule has 0 atom stereocenters. The number of carbonyl (C=O) groups excluding carboxylic acids is 1. The number of aromatic nitrogens is 1. The summed E-state index contributed by atoms with van der Waals surface area (Å²) in [6.07, 6.45) is 1.55. The summed E-state index contributed by atoms with van der Waals surface area (Å²) < 4.78 is 0. The van der Waals surface area contributed by atoms with Crippen LogP contribution in [-0.2, 0) is 0 Å². The van der Waals surface area contributed by atoms with Crippen LogP contribution in [0.3, 0.4) is 0 Å². The van der Waals surface area contributed by atoms with E-state index in [4.69, 9.17) is 5.11 Å². The van der Waals surface area contributed by atoms with Crippen LogP contribution in [-0.4, -0.2) is 36.1 Å². The van der Waals surface area contributed by atoms with Crippen LogP contribution in [0.25, 0.3) is 0 Å². The van der Waals surface area contributed by atoms with E-state index in [0.29, 0.717) is 17.1 Å². The van der Waals surface area contributed by atoms with Gasteiger partial charge in [-0.1, -0.05) is 6.07 Å². The molecule has 21 heavy (non-hydrogen) atoms. The van der Waals surface area contributed by atoms with Gasteiger partial charge in [0.05, 0.1) is 5.56 Å². The van der Waals surface area contributed by atoms with E-state index in [-0.39, 0.29) is 11.5 Å². The molecule has 1 aromatic heterocycles. The highest BCUT2D eigenvalue weighted by Crippen LogP contribution is 2.14. The number of hydrogen-bond acceptors (Lipinski definition) is 4.